The van der Waals surface area contributed by atoms with Gasteiger partial charge < -0.3 is 10.2 Å². The number of hydrogen-bond donors (Lipinski definition) is 1. The van der Waals surface area contributed by atoms with Gasteiger partial charge in [-0.3, -0.25) is 9.78 Å². The lowest BCUT2D eigenvalue weighted by Crippen LogP contribution is -2.26. The van der Waals surface area contributed by atoms with Crippen molar-refractivity contribution in [2.45, 2.75) is 12.8 Å². The second-order valence-electron chi connectivity index (χ2n) is 4.13. The molecule has 1 heterocycles. The van der Waals surface area contributed by atoms with Gasteiger partial charge >= 0.3 is 0 Å². The first kappa shape index (κ1) is 13.9. The molecule has 1 aromatic heterocycles. The summed E-state index contributed by atoms with van der Waals surface area (Å²) in [6.07, 6.45) is 3.56. The van der Waals surface area contributed by atoms with Gasteiger partial charge in [0.1, 0.15) is 5.69 Å². The summed E-state index contributed by atoms with van der Waals surface area (Å²) in [4.78, 5) is 17.7. The van der Waals surface area contributed by atoms with Crippen molar-refractivity contribution in [2.75, 3.05) is 27.2 Å². The molecule has 1 rings (SSSR count). The molecule has 1 aromatic rings. The zero-order valence-corrected chi connectivity index (χ0v) is 11.0. The van der Waals surface area contributed by atoms with Crippen LogP contribution in [0.25, 0.3) is 0 Å². The van der Waals surface area contributed by atoms with Crippen LogP contribution in [0.15, 0.2) is 18.3 Å². The van der Waals surface area contributed by atoms with Crippen molar-refractivity contribution in [1.82, 2.24) is 15.2 Å². The van der Waals surface area contributed by atoms with E-state index >= 15 is 0 Å². The van der Waals surface area contributed by atoms with Crippen molar-refractivity contribution in [3.63, 3.8) is 0 Å². The lowest BCUT2D eigenvalue weighted by molar-refractivity contribution is 0.0948. The number of carbonyl (C=O) groups excluding carboxylic acids is 1. The number of aromatic nitrogens is 1. The van der Waals surface area contributed by atoms with Gasteiger partial charge in [-0.1, -0.05) is 11.6 Å². The third-order valence-corrected chi connectivity index (χ3v) is 2.51. The number of rotatable bonds is 6. The van der Waals surface area contributed by atoms with Gasteiger partial charge in [-0.25, -0.2) is 0 Å². The second-order valence-corrected chi connectivity index (χ2v) is 4.56. The molecule has 0 saturated carbocycles. The molecular weight excluding hydrogens is 238 g/mol. The fraction of sp³-hybridized carbons (Fsp3) is 0.500. The zero-order chi connectivity index (χ0) is 12.7. The molecule has 0 aliphatic rings. The number of carbonyl (C=O) groups is 1. The maximum atomic E-state index is 11.7. The van der Waals surface area contributed by atoms with Crippen LogP contribution >= 0.6 is 11.6 Å². The summed E-state index contributed by atoms with van der Waals surface area (Å²) in [5.74, 6) is -0.169. The molecule has 17 heavy (non-hydrogen) atoms. The van der Waals surface area contributed by atoms with E-state index in [1.165, 1.54) is 6.20 Å². The van der Waals surface area contributed by atoms with Crippen LogP contribution in [-0.4, -0.2) is 43.0 Å². The standard InChI is InChI=1S/C12H18ClN3O/c1-16(2)8-4-3-6-15-12(17)11-9-10(13)5-7-14-11/h5,7,9H,3-4,6,8H2,1-2H3,(H,15,17). The molecule has 0 unspecified atom stereocenters. The van der Waals surface area contributed by atoms with Gasteiger partial charge in [0.2, 0.25) is 0 Å². The molecule has 0 fully saturated rings. The van der Waals surface area contributed by atoms with E-state index in [0.717, 1.165) is 19.4 Å². The third-order valence-electron chi connectivity index (χ3n) is 2.27. The molecule has 1 N–H and O–H groups in total. The van der Waals surface area contributed by atoms with Crippen LogP contribution in [0.3, 0.4) is 0 Å². The predicted octanol–water partition coefficient (Wildman–Crippen LogP) is 1.81. The van der Waals surface area contributed by atoms with Crippen LogP contribution in [0.2, 0.25) is 5.02 Å². The van der Waals surface area contributed by atoms with Crippen molar-refractivity contribution < 1.29 is 4.79 Å². The van der Waals surface area contributed by atoms with Gasteiger partial charge in [-0.2, -0.15) is 0 Å². The summed E-state index contributed by atoms with van der Waals surface area (Å²) in [5.41, 5.74) is 0.366. The minimum absolute atomic E-state index is 0.169. The van der Waals surface area contributed by atoms with Crippen LogP contribution in [0.1, 0.15) is 23.3 Å². The number of amides is 1. The Morgan fingerprint density at radius 2 is 2.24 bits per heavy atom. The van der Waals surface area contributed by atoms with Crippen LogP contribution in [-0.2, 0) is 0 Å². The zero-order valence-electron chi connectivity index (χ0n) is 10.2. The Bertz CT molecular complexity index is 369. The van der Waals surface area contributed by atoms with Gasteiger partial charge in [0, 0.05) is 17.8 Å². The molecule has 4 nitrogen and oxygen atoms in total. The summed E-state index contributed by atoms with van der Waals surface area (Å²) < 4.78 is 0. The average molecular weight is 256 g/mol. The van der Waals surface area contributed by atoms with E-state index in [1.807, 2.05) is 14.1 Å². The summed E-state index contributed by atoms with van der Waals surface area (Å²) in [5, 5.41) is 3.35. The quantitative estimate of drug-likeness (QED) is 0.789. The lowest BCUT2D eigenvalue weighted by Gasteiger charge is -2.09. The second kappa shape index (κ2) is 7.25. The SMILES string of the molecule is CN(C)CCCCNC(=O)c1cc(Cl)ccn1. The molecule has 94 valence electrons. The Labute approximate surface area is 107 Å². The first-order valence-corrected chi connectivity index (χ1v) is 6.02. The normalized spacial score (nSPS) is 10.6. The maximum Gasteiger partial charge on any atom is 0.269 e. The van der Waals surface area contributed by atoms with Crippen LogP contribution in [0, 0.1) is 0 Å². The van der Waals surface area contributed by atoms with Gasteiger partial charge in [0.25, 0.3) is 5.91 Å². The molecule has 5 heteroatoms. The van der Waals surface area contributed by atoms with Crippen molar-refractivity contribution in [3.8, 4) is 0 Å². The Morgan fingerprint density at radius 3 is 2.88 bits per heavy atom. The summed E-state index contributed by atoms with van der Waals surface area (Å²) in [6, 6.07) is 3.21. The van der Waals surface area contributed by atoms with Crippen molar-refractivity contribution >= 4 is 17.5 Å². The van der Waals surface area contributed by atoms with Gasteiger partial charge in [-0.15, -0.1) is 0 Å². The summed E-state index contributed by atoms with van der Waals surface area (Å²) in [7, 11) is 4.07. The Morgan fingerprint density at radius 1 is 1.47 bits per heavy atom. The number of unbranched alkanes of at least 4 members (excludes halogenated alkanes) is 1. The minimum Gasteiger partial charge on any atom is -0.351 e. The number of halogens is 1. The smallest absolute Gasteiger partial charge is 0.269 e. The molecule has 1 amide bonds. The monoisotopic (exact) mass is 255 g/mol. The first-order valence-electron chi connectivity index (χ1n) is 5.64. The van der Waals surface area contributed by atoms with Crippen LogP contribution < -0.4 is 5.32 Å². The van der Waals surface area contributed by atoms with E-state index in [-0.39, 0.29) is 5.91 Å². The van der Waals surface area contributed by atoms with E-state index in [4.69, 9.17) is 11.6 Å². The third kappa shape index (κ3) is 5.65. The molecule has 0 radical (unpaired) electrons. The van der Waals surface area contributed by atoms with E-state index in [0.29, 0.717) is 17.3 Å². The number of hydrogen-bond acceptors (Lipinski definition) is 3. The van der Waals surface area contributed by atoms with Gasteiger partial charge in [-0.05, 0) is 45.6 Å². The van der Waals surface area contributed by atoms with Crippen molar-refractivity contribution in [1.29, 1.82) is 0 Å². The topological polar surface area (TPSA) is 45.2 Å². The summed E-state index contributed by atoms with van der Waals surface area (Å²) >= 11 is 5.78. The first-order chi connectivity index (χ1) is 8.09. The van der Waals surface area contributed by atoms with E-state index in [1.54, 1.807) is 12.1 Å². The average Bonchev–Trinajstić information content (AvgIpc) is 2.28. The highest BCUT2D eigenvalue weighted by molar-refractivity contribution is 6.30. The van der Waals surface area contributed by atoms with Crippen LogP contribution in [0.4, 0.5) is 0 Å². The molecule has 0 atom stereocenters. The fourth-order valence-electron chi connectivity index (χ4n) is 1.37. The Kier molecular flexibility index (Phi) is 5.94. The fourth-order valence-corrected chi connectivity index (χ4v) is 1.53. The number of nitrogens with one attached hydrogen (secondary N) is 1. The number of pyridine rings is 1. The molecule has 0 aromatic carbocycles. The summed E-state index contributed by atoms with van der Waals surface area (Å²) in [6.45, 7) is 1.70. The Balaban J connectivity index is 2.26. The molecule has 0 aliphatic carbocycles. The van der Waals surface area contributed by atoms with Gasteiger partial charge in [0.05, 0.1) is 0 Å². The molecule has 0 aliphatic heterocycles. The number of nitrogens with zero attached hydrogens (tertiary/aromatic N) is 2. The van der Waals surface area contributed by atoms with Crippen molar-refractivity contribution in [2.24, 2.45) is 0 Å². The molecular formula is C12H18ClN3O. The lowest BCUT2D eigenvalue weighted by atomic mass is 10.3. The molecule has 0 bridgehead atoms. The highest BCUT2D eigenvalue weighted by Crippen LogP contribution is 2.07. The highest BCUT2D eigenvalue weighted by Gasteiger charge is 2.06. The van der Waals surface area contributed by atoms with Gasteiger partial charge in [0.15, 0.2) is 0 Å². The van der Waals surface area contributed by atoms with Crippen molar-refractivity contribution in [3.05, 3.63) is 29.0 Å². The van der Waals surface area contributed by atoms with E-state index in [2.05, 4.69) is 15.2 Å². The maximum absolute atomic E-state index is 11.7. The van der Waals surface area contributed by atoms with E-state index in [9.17, 15) is 4.79 Å². The molecule has 0 spiro atoms. The van der Waals surface area contributed by atoms with Crippen LogP contribution in [0.5, 0.6) is 0 Å². The van der Waals surface area contributed by atoms with E-state index < -0.39 is 0 Å². The predicted molar refractivity (Wildman–Crippen MR) is 69.4 cm³/mol. The Hall–Kier alpha value is -1.13. The highest BCUT2D eigenvalue weighted by atomic mass is 35.5. The molecule has 0 saturated heterocycles. The minimum atomic E-state index is -0.169. The largest absolute Gasteiger partial charge is 0.351 e.